The summed E-state index contributed by atoms with van der Waals surface area (Å²) in [5, 5.41) is 7.42. The van der Waals surface area contributed by atoms with Gasteiger partial charge in [-0.05, 0) is 17.8 Å². The van der Waals surface area contributed by atoms with Crippen LogP contribution in [0.5, 0.6) is 0 Å². The topological polar surface area (TPSA) is 75.4 Å². The highest BCUT2D eigenvalue weighted by Gasteiger charge is 2.43. The molecule has 0 spiro atoms. The predicted molar refractivity (Wildman–Crippen MR) is 56.2 cm³/mol. The quantitative estimate of drug-likeness (QED) is 0.487. The van der Waals surface area contributed by atoms with Crippen molar-refractivity contribution in [3.63, 3.8) is 0 Å². The Labute approximate surface area is 93.0 Å². The number of nitrogens with two attached hydrogens (primary N) is 1. The van der Waals surface area contributed by atoms with E-state index in [0.29, 0.717) is 15.8 Å². The molecule has 1 saturated carbocycles. The average molecular weight is 241 g/mol. The van der Waals surface area contributed by atoms with E-state index in [0.717, 1.165) is 0 Å². The van der Waals surface area contributed by atoms with Crippen LogP contribution in [0, 0.1) is 11.3 Å². The van der Waals surface area contributed by atoms with Crippen LogP contribution in [-0.2, 0) is 0 Å². The minimum absolute atomic E-state index is 0.408. The van der Waals surface area contributed by atoms with E-state index < -0.39 is 6.03 Å². The summed E-state index contributed by atoms with van der Waals surface area (Å²) in [6.07, 6.45) is 3.14. The first-order valence-electron chi connectivity index (χ1n) is 4.02. The van der Waals surface area contributed by atoms with E-state index in [-0.39, 0.29) is 0 Å². The fourth-order valence-corrected chi connectivity index (χ4v) is 1.25. The fourth-order valence-electron chi connectivity index (χ4n) is 0.944. The maximum Gasteiger partial charge on any atom is 0.335 e. The third-order valence-corrected chi connectivity index (χ3v) is 2.28. The van der Waals surface area contributed by atoms with Crippen molar-refractivity contribution >= 4 is 29.2 Å². The Morgan fingerprint density at radius 2 is 2.00 bits per heavy atom. The number of carbonyl (C=O) groups is 1. The first-order valence-corrected chi connectivity index (χ1v) is 4.77. The van der Waals surface area contributed by atoms with Gasteiger partial charge in [-0.2, -0.15) is 0 Å². The molecule has 1 rings (SSSR count). The molecule has 1 aliphatic rings. The van der Waals surface area contributed by atoms with Gasteiger partial charge in [0.15, 0.2) is 0 Å². The number of primary amides is 1. The lowest BCUT2D eigenvalue weighted by Gasteiger charge is -1.94. The number of amides is 2. The molecule has 1 fully saturated rings. The number of carbonyl (C=O) groups excluding carboxylic acids is 1. The second-order valence-electron chi connectivity index (χ2n) is 3.73. The van der Waals surface area contributed by atoms with Crippen LogP contribution in [0.4, 0.5) is 4.79 Å². The van der Waals surface area contributed by atoms with Crippen molar-refractivity contribution in [3.05, 3.63) is 10.6 Å². The Hall–Kier alpha value is -0.450. The number of urea groups is 1. The fraction of sp³-hybridized carbons (Fsp3) is 0.625. The molecule has 0 aromatic rings. The summed E-state index contributed by atoms with van der Waals surface area (Å²) in [5.41, 5.74) is 5.91. The van der Waals surface area contributed by atoms with E-state index in [1.807, 2.05) is 6.08 Å². The molecule has 1 atom stereocenters. The molecule has 0 aliphatic heterocycles. The summed E-state index contributed by atoms with van der Waals surface area (Å²) >= 11 is 10.9. The molecule has 6 heteroatoms. The van der Waals surface area contributed by atoms with Crippen LogP contribution in [0.1, 0.15) is 20.3 Å². The lowest BCUT2D eigenvalue weighted by Crippen LogP contribution is -2.25. The second-order valence-corrected chi connectivity index (χ2v) is 4.74. The van der Waals surface area contributed by atoms with E-state index in [1.165, 1.54) is 11.9 Å². The zero-order chi connectivity index (χ0) is 11.4. The van der Waals surface area contributed by atoms with Crippen LogP contribution in [0.2, 0.25) is 0 Å². The lowest BCUT2D eigenvalue weighted by atomic mass is 10.1. The monoisotopic (exact) mass is 240 g/mol. The van der Waals surface area contributed by atoms with Gasteiger partial charge in [0.1, 0.15) is 4.49 Å². The van der Waals surface area contributed by atoms with Gasteiger partial charge in [0.2, 0.25) is 0 Å². The Balaban J connectivity index is 0.000000292. The van der Waals surface area contributed by atoms with Crippen molar-refractivity contribution in [1.82, 2.24) is 5.48 Å². The van der Waals surface area contributed by atoms with Crippen LogP contribution in [0.15, 0.2) is 10.6 Å². The molecule has 0 aromatic carbocycles. The number of nitrogens with one attached hydrogen (secondary N) is 1. The summed E-state index contributed by atoms with van der Waals surface area (Å²) in [7, 11) is 0. The second kappa shape index (κ2) is 5.44. The minimum Gasteiger partial charge on any atom is -0.350 e. The Morgan fingerprint density at radius 1 is 1.64 bits per heavy atom. The largest absolute Gasteiger partial charge is 0.350 e. The summed E-state index contributed by atoms with van der Waals surface area (Å²) in [6.45, 7) is 4.43. The highest BCUT2D eigenvalue weighted by molar-refractivity contribution is 6.55. The summed E-state index contributed by atoms with van der Waals surface area (Å²) in [4.78, 5) is 9.23. The van der Waals surface area contributed by atoms with Crippen molar-refractivity contribution in [2.75, 3.05) is 0 Å². The number of rotatable bonds is 1. The standard InChI is InChI=1S/C7H10Cl2.CH4N2O2/c1-7(2)4-5(7)3-6(8)9;2-1(4)3-5/h3,5H,4H2,1-2H3;5H,(H3,2,3,4). The Morgan fingerprint density at radius 3 is 2.07 bits per heavy atom. The minimum atomic E-state index is -0.940. The molecule has 2 amide bonds. The van der Waals surface area contributed by atoms with Gasteiger partial charge in [-0.25, -0.2) is 10.3 Å². The highest BCUT2D eigenvalue weighted by Crippen LogP contribution is 2.53. The van der Waals surface area contributed by atoms with Crippen LogP contribution in [-0.4, -0.2) is 11.2 Å². The van der Waals surface area contributed by atoms with Gasteiger partial charge in [0.25, 0.3) is 0 Å². The zero-order valence-corrected chi connectivity index (χ0v) is 9.56. The number of hydroxylamine groups is 1. The van der Waals surface area contributed by atoms with Crippen molar-refractivity contribution in [2.24, 2.45) is 17.1 Å². The van der Waals surface area contributed by atoms with Crippen molar-refractivity contribution in [2.45, 2.75) is 20.3 Å². The van der Waals surface area contributed by atoms with E-state index in [2.05, 4.69) is 19.6 Å². The molecule has 4 nitrogen and oxygen atoms in total. The van der Waals surface area contributed by atoms with E-state index >= 15 is 0 Å². The van der Waals surface area contributed by atoms with E-state index in [4.69, 9.17) is 28.4 Å². The van der Waals surface area contributed by atoms with E-state index in [1.54, 1.807) is 0 Å². The third-order valence-electron chi connectivity index (χ3n) is 2.03. The van der Waals surface area contributed by atoms with Crippen LogP contribution in [0.3, 0.4) is 0 Å². The van der Waals surface area contributed by atoms with Gasteiger partial charge >= 0.3 is 6.03 Å². The molecular weight excluding hydrogens is 227 g/mol. The van der Waals surface area contributed by atoms with Gasteiger partial charge < -0.3 is 5.73 Å². The van der Waals surface area contributed by atoms with Crippen LogP contribution >= 0.6 is 23.2 Å². The van der Waals surface area contributed by atoms with Gasteiger partial charge in [-0.1, -0.05) is 43.1 Å². The van der Waals surface area contributed by atoms with Gasteiger partial charge in [0, 0.05) is 0 Å². The first-order chi connectivity index (χ1) is 6.29. The zero-order valence-electron chi connectivity index (χ0n) is 8.05. The number of hydrogen-bond acceptors (Lipinski definition) is 2. The number of hydrogen-bond donors (Lipinski definition) is 3. The molecule has 0 heterocycles. The van der Waals surface area contributed by atoms with Gasteiger partial charge in [-0.15, -0.1) is 0 Å². The predicted octanol–water partition coefficient (Wildman–Crippen LogP) is 2.40. The third kappa shape index (κ3) is 6.07. The molecular formula is C8H14Cl2N2O2. The molecule has 0 aromatic heterocycles. The molecule has 82 valence electrons. The molecule has 14 heavy (non-hydrogen) atoms. The van der Waals surface area contributed by atoms with E-state index in [9.17, 15) is 4.79 Å². The van der Waals surface area contributed by atoms with Crippen LogP contribution < -0.4 is 11.2 Å². The lowest BCUT2D eigenvalue weighted by molar-refractivity contribution is 0.169. The molecule has 1 aliphatic carbocycles. The maximum atomic E-state index is 9.23. The molecule has 0 bridgehead atoms. The SMILES string of the molecule is CC1(C)CC1C=C(Cl)Cl.NC(=O)NO. The number of halogens is 2. The summed E-state index contributed by atoms with van der Waals surface area (Å²) < 4.78 is 0.408. The van der Waals surface area contributed by atoms with Crippen molar-refractivity contribution in [1.29, 1.82) is 0 Å². The molecule has 0 radical (unpaired) electrons. The molecule has 4 N–H and O–H groups in total. The molecule has 0 saturated heterocycles. The normalized spacial score (nSPS) is 21.4. The molecule has 1 unspecified atom stereocenters. The smallest absolute Gasteiger partial charge is 0.335 e. The average Bonchev–Trinajstić information content (AvgIpc) is 2.58. The maximum absolute atomic E-state index is 9.23. The van der Waals surface area contributed by atoms with Gasteiger partial charge in [-0.3, -0.25) is 5.21 Å². The van der Waals surface area contributed by atoms with Crippen LogP contribution in [0.25, 0.3) is 0 Å². The summed E-state index contributed by atoms with van der Waals surface area (Å²) in [5.74, 6) is 0.613. The van der Waals surface area contributed by atoms with Crippen molar-refractivity contribution < 1.29 is 10.0 Å². The summed E-state index contributed by atoms with van der Waals surface area (Å²) in [6, 6.07) is -0.940. The number of allylic oxidation sites excluding steroid dienone is 1. The van der Waals surface area contributed by atoms with Gasteiger partial charge in [0.05, 0.1) is 0 Å². The first kappa shape index (κ1) is 13.5. The van der Waals surface area contributed by atoms with Crippen molar-refractivity contribution in [3.8, 4) is 0 Å². The Bertz CT molecular complexity index is 237. The Kier molecular flexibility index (Phi) is 5.26. The highest BCUT2D eigenvalue weighted by atomic mass is 35.5.